The van der Waals surface area contributed by atoms with Gasteiger partial charge in [0.15, 0.2) is 0 Å². The summed E-state index contributed by atoms with van der Waals surface area (Å²) >= 11 is 0. The highest BCUT2D eigenvalue weighted by Crippen LogP contribution is 2.12. The quantitative estimate of drug-likeness (QED) is 0.820. The highest BCUT2D eigenvalue weighted by molar-refractivity contribution is 5.79. The number of rotatable bonds is 2. The van der Waals surface area contributed by atoms with Gasteiger partial charge in [0.2, 0.25) is 5.91 Å². The van der Waals surface area contributed by atoms with Crippen molar-refractivity contribution in [2.45, 2.75) is 20.4 Å². The molecule has 0 atom stereocenters. The summed E-state index contributed by atoms with van der Waals surface area (Å²) in [6, 6.07) is 7.65. The molecular weight excluding hydrogens is 216 g/mol. The predicted octanol–water partition coefficient (Wildman–Crippen LogP) is 1.47. The lowest BCUT2D eigenvalue weighted by Gasteiger charge is -2.04. The van der Waals surface area contributed by atoms with Gasteiger partial charge in [0.1, 0.15) is 0 Å². The summed E-state index contributed by atoms with van der Waals surface area (Å²) in [5, 5.41) is 3.60. The molecule has 0 fully saturated rings. The molecule has 0 aliphatic rings. The van der Waals surface area contributed by atoms with Crippen molar-refractivity contribution in [3.63, 3.8) is 0 Å². The Balaban J connectivity index is 2.46. The minimum atomic E-state index is -0.157. The highest BCUT2D eigenvalue weighted by Gasteiger charge is 2.03. The Bertz CT molecular complexity index is 629. The van der Waals surface area contributed by atoms with Gasteiger partial charge in [-0.05, 0) is 30.5 Å². The van der Waals surface area contributed by atoms with Crippen molar-refractivity contribution in [3.8, 4) is 0 Å². The van der Waals surface area contributed by atoms with E-state index in [4.69, 9.17) is 0 Å². The molecule has 1 aromatic heterocycles. The van der Waals surface area contributed by atoms with Crippen molar-refractivity contribution >= 4 is 16.8 Å². The van der Waals surface area contributed by atoms with Gasteiger partial charge in [-0.3, -0.25) is 9.59 Å². The average Bonchev–Trinajstić information content (AvgIpc) is 2.26. The van der Waals surface area contributed by atoms with E-state index in [9.17, 15) is 9.59 Å². The fraction of sp³-hybridized carbons (Fsp3) is 0.231. The molecule has 2 N–H and O–H groups in total. The number of nitrogens with one attached hydrogen (secondary N) is 2. The number of aryl methyl sites for hydroxylation is 1. The number of benzene rings is 1. The van der Waals surface area contributed by atoms with E-state index in [1.807, 2.05) is 31.2 Å². The molecule has 0 aliphatic carbocycles. The number of amides is 1. The van der Waals surface area contributed by atoms with Crippen molar-refractivity contribution in [1.82, 2.24) is 10.3 Å². The molecule has 2 rings (SSSR count). The van der Waals surface area contributed by atoms with Crippen LogP contribution >= 0.6 is 0 Å². The molecule has 2 aromatic rings. The molecule has 4 heteroatoms. The maximum Gasteiger partial charge on any atom is 0.253 e. The van der Waals surface area contributed by atoms with Crippen molar-refractivity contribution < 1.29 is 4.79 Å². The number of aromatic nitrogens is 1. The fourth-order valence-corrected chi connectivity index (χ4v) is 1.72. The summed E-state index contributed by atoms with van der Waals surface area (Å²) in [7, 11) is 0. The average molecular weight is 230 g/mol. The molecule has 1 heterocycles. The second kappa shape index (κ2) is 4.41. The predicted molar refractivity (Wildman–Crippen MR) is 66.8 cm³/mol. The topological polar surface area (TPSA) is 62.0 Å². The molecule has 0 aliphatic heterocycles. The SMILES string of the molecule is CC(=O)NCc1cc2cc(C)ccc2[nH]c1=O. The van der Waals surface area contributed by atoms with E-state index in [1.54, 1.807) is 0 Å². The summed E-state index contributed by atoms with van der Waals surface area (Å²) in [5.41, 5.74) is 2.36. The van der Waals surface area contributed by atoms with Crippen molar-refractivity contribution in [1.29, 1.82) is 0 Å². The fourth-order valence-electron chi connectivity index (χ4n) is 1.72. The molecule has 0 radical (unpaired) electrons. The first-order chi connectivity index (χ1) is 8.06. The second-order valence-corrected chi connectivity index (χ2v) is 4.12. The van der Waals surface area contributed by atoms with Crippen LogP contribution in [-0.2, 0) is 11.3 Å². The van der Waals surface area contributed by atoms with Gasteiger partial charge in [0.05, 0.1) is 0 Å². The van der Waals surface area contributed by atoms with Crippen LogP contribution in [0.2, 0.25) is 0 Å². The Hall–Kier alpha value is -2.10. The van der Waals surface area contributed by atoms with Crippen LogP contribution in [0.25, 0.3) is 10.9 Å². The number of hydrogen-bond acceptors (Lipinski definition) is 2. The van der Waals surface area contributed by atoms with Crippen LogP contribution in [0.1, 0.15) is 18.1 Å². The van der Waals surface area contributed by atoms with Crippen LogP contribution in [0.15, 0.2) is 29.1 Å². The lowest BCUT2D eigenvalue weighted by atomic mass is 10.1. The van der Waals surface area contributed by atoms with Crippen LogP contribution in [0.4, 0.5) is 0 Å². The second-order valence-electron chi connectivity index (χ2n) is 4.12. The van der Waals surface area contributed by atoms with Gasteiger partial charge in [-0.15, -0.1) is 0 Å². The molecule has 0 saturated carbocycles. The number of aromatic amines is 1. The third-order valence-electron chi connectivity index (χ3n) is 2.60. The lowest BCUT2D eigenvalue weighted by Crippen LogP contribution is -2.24. The first-order valence-corrected chi connectivity index (χ1v) is 5.43. The molecule has 0 saturated heterocycles. The number of fused-ring (bicyclic) bond motifs is 1. The summed E-state index contributed by atoms with van der Waals surface area (Å²) in [6.45, 7) is 3.69. The molecule has 4 nitrogen and oxygen atoms in total. The minimum absolute atomic E-state index is 0.145. The van der Waals surface area contributed by atoms with E-state index in [0.29, 0.717) is 5.56 Å². The van der Waals surface area contributed by atoms with Crippen LogP contribution < -0.4 is 10.9 Å². The van der Waals surface area contributed by atoms with Gasteiger partial charge in [0, 0.05) is 24.5 Å². The van der Waals surface area contributed by atoms with Crippen molar-refractivity contribution in [2.75, 3.05) is 0 Å². The number of H-pyrrole nitrogens is 1. The van der Waals surface area contributed by atoms with E-state index in [-0.39, 0.29) is 18.0 Å². The number of carbonyl (C=O) groups excluding carboxylic acids is 1. The first-order valence-electron chi connectivity index (χ1n) is 5.43. The minimum Gasteiger partial charge on any atom is -0.352 e. The summed E-state index contributed by atoms with van der Waals surface area (Å²) in [5.74, 6) is -0.145. The van der Waals surface area contributed by atoms with E-state index in [2.05, 4.69) is 10.3 Å². The Morgan fingerprint density at radius 2 is 2.12 bits per heavy atom. The summed E-state index contributed by atoms with van der Waals surface area (Å²) in [4.78, 5) is 25.3. The Morgan fingerprint density at radius 3 is 2.82 bits per heavy atom. The maximum atomic E-state index is 11.7. The Labute approximate surface area is 98.7 Å². The zero-order valence-corrected chi connectivity index (χ0v) is 9.83. The monoisotopic (exact) mass is 230 g/mol. The maximum absolute atomic E-state index is 11.7. The highest BCUT2D eigenvalue weighted by atomic mass is 16.1. The molecule has 0 spiro atoms. The van der Waals surface area contributed by atoms with Crippen molar-refractivity contribution in [2.24, 2.45) is 0 Å². The molecule has 88 valence electrons. The lowest BCUT2D eigenvalue weighted by molar-refractivity contribution is -0.119. The van der Waals surface area contributed by atoms with Gasteiger partial charge in [-0.1, -0.05) is 11.6 Å². The van der Waals surface area contributed by atoms with Gasteiger partial charge >= 0.3 is 0 Å². The van der Waals surface area contributed by atoms with E-state index >= 15 is 0 Å². The Kier molecular flexibility index (Phi) is 2.95. The van der Waals surface area contributed by atoms with Crippen LogP contribution in [0.5, 0.6) is 0 Å². The summed E-state index contributed by atoms with van der Waals surface area (Å²) in [6.07, 6.45) is 0. The molecule has 1 amide bonds. The van der Waals surface area contributed by atoms with Gasteiger partial charge in [-0.25, -0.2) is 0 Å². The standard InChI is InChI=1S/C13H14N2O2/c1-8-3-4-12-10(5-8)6-11(13(17)15-12)7-14-9(2)16/h3-6H,7H2,1-2H3,(H,14,16)(H,15,17). The first kappa shape index (κ1) is 11.4. The molecule has 17 heavy (non-hydrogen) atoms. The summed E-state index contributed by atoms with van der Waals surface area (Å²) < 4.78 is 0. The van der Waals surface area contributed by atoms with E-state index in [1.165, 1.54) is 6.92 Å². The van der Waals surface area contributed by atoms with Gasteiger partial charge in [-0.2, -0.15) is 0 Å². The van der Waals surface area contributed by atoms with E-state index < -0.39 is 0 Å². The van der Waals surface area contributed by atoms with Gasteiger partial charge in [0.25, 0.3) is 5.56 Å². The molecule has 0 bridgehead atoms. The third kappa shape index (κ3) is 2.53. The largest absolute Gasteiger partial charge is 0.352 e. The third-order valence-corrected chi connectivity index (χ3v) is 2.60. The zero-order chi connectivity index (χ0) is 12.4. The van der Waals surface area contributed by atoms with Gasteiger partial charge < -0.3 is 10.3 Å². The van der Waals surface area contributed by atoms with Crippen LogP contribution in [0, 0.1) is 6.92 Å². The van der Waals surface area contributed by atoms with Crippen LogP contribution in [-0.4, -0.2) is 10.9 Å². The number of hydrogen-bond donors (Lipinski definition) is 2. The zero-order valence-electron chi connectivity index (χ0n) is 9.83. The Morgan fingerprint density at radius 1 is 1.35 bits per heavy atom. The molecule has 1 aromatic carbocycles. The van der Waals surface area contributed by atoms with E-state index in [0.717, 1.165) is 16.5 Å². The van der Waals surface area contributed by atoms with Crippen molar-refractivity contribution in [3.05, 3.63) is 45.7 Å². The van der Waals surface area contributed by atoms with Crippen LogP contribution in [0.3, 0.4) is 0 Å². The molecule has 0 unspecified atom stereocenters. The normalized spacial score (nSPS) is 10.5. The molecular formula is C13H14N2O2. The number of carbonyl (C=O) groups is 1. The number of pyridine rings is 1. The smallest absolute Gasteiger partial charge is 0.253 e.